The third-order valence-electron chi connectivity index (χ3n) is 5.87. The molecule has 0 saturated heterocycles. The predicted molar refractivity (Wildman–Crippen MR) is 128 cm³/mol. The number of amides is 1. The highest BCUT2D eigenvalue weighted by atomic mass is 32.1. The number of hydrogen-bond donors (Lipinski definition) is 1. The van der Waals surface area contributed by atoms with Gasteiger partial charge in [0.15, 0.2) is 11.9 Å². The molecule has 166 valence electrons. The maximum absolute atomic E-state index is 13.4. The Morgan fingerprint density at radius 3 is 2.70 bits per heavy atom. The number of rotatable bonds is 4. The number of ketones is 1. The Morgan fingerprint density at radius 1 is 1.18 bits per heavy atom. The lowest BCUT2D eigenvalue weighted by Crippen LogP contribution is -2.34. The third kappa shape index (κ3) is 3.62. The number of carbonyl (C=O) groups excluding carboxylic acids is 2. The average Bonchev–Trinajstić information content (AvgIpc) is 3.24. The van der Waals surface area contributed by atoms with Crippen molar-refractivity contribution in [3.05, 3.63) is 75.7 Å². The van der Waals surface area contributed by atoms with Gasteiger partial charge in [-0.05, 0) is 44.5 Å². The summed E-state index contributed by atoms with van der Waals surface area (Å²) in [6.45, 7) is 5.34. The number of benzene rings is 2. The first kappa shape index (κ1) is 21.1. The molecule has 4 aromatic rings. The van der Waals surface area contributed by atoms with Crippen molar-refractivity contribution in [3.63, 3.8) is 0 Å². The summed E-state index contributed by atoms with van der Waals surface area (Å²) < 4.78 is 6.92. The van der Waals surface area contributed by atoms with Crippen LogP contribution in [0.1, 0.15) is 35.8 Å². The van der Waals surface area contributed by atoms with Crippen molar-refractivity contribution in [1.29, 1.82) is 0 Å². The summed E-state index contributed by atoms with van der Waals surface area (Å²) >= 11 is 1.40. The van der Waals surface area contributed by atoms with Crippen molar-refractivity contribution in [2.24, 2.45) is 0 Å². The quantitative estimate of drug-likeness (QED) is 0.451. The molecule has 2 atom stereocenters. The van der Waals surface area contributed by atoms with Crippen LogP contribution in [0.3, 0.4) is 0 Å². The largest absolute Gasteiger partial charge is 0.479 e. The summed E-state index contributed by atoms with van der Waals surface area (Å²) in [5.74, 6) is -0.0271. The third-order valence-corrected chi connectivity index (χ3v) is 6.76. The lowest BCUT2D eigenvalue weighted by atomic mass is 10.0. The highest BCUT2D eigenvalue weighted by molar-refractivity contribution is 7.17. The molecule has 1 aliphatic heterocycles. The van der Waals surface area contributed by atoms with Crippen LogP contribution in [0.5, 0.6) is 5.75 Å². The van der Waals surface area contributed by atoms with Gasteiger partial charge < -0.3 is 10.1 Å². The molecule has 2 unspecified atom stereocenters. The lowest BCUT2D eigenvalue weighted by Gasteiger charge is -2.24. The Morgan fingerprint density at radius 2 is 1.94 bits per heavy atom. The SMILES string of the molecule is Cc1ccc(-c2csc3ncn(C(C)C(=O)c4ccc5c(c4)NC(=O)C(C)O5)c(=O)c23)cc1. The van der Waals surface area contributed by atoms with E-state index >= 15 is 0 Å². The van der Waals surface area contributed by atoms with Crippen LogP contribution in [0, 0.1) is 6.92 Å². The van der Waals surface area contributed by atoms with Crippen LogP contribution in [-0.4, -0.2) is 27.3 Å². The monoisotopic (exact) mass is 459 g/mol. The van der Waals surface area contributed by atoms with Gasteiger partial charge in [0.05, 0.1) is 23.4 Å². The van der Waals surface area contributed by atoms with E-state index in [1.807, 2.05) is 36.6 Å². The van der Waals surface area contributed by atoms with Gasteiger partial charge in [-0.15, -0.1) is 11.3 Å². The normalized spacial score (nSPS) is 16.1. The van der Waals surface area contributed by atoms with E-state index in [2.05, 4.69) is 10.3 Å². The van der Waals surface area contributed by atoms with E-state index in [1.165, 1.54) is 22.2 Å². The molecule has 0 radical (unpaired) electrons. The maximum Gasteiger partial charge on any atom is 0.265 e. The number of fused-ring (bicyclic) bond motifs is 2. The number of ether oxygens (including phenoxy) is 1. The second-order valence-corrected chi connectivity index (χ2v) is 9.01. The van der Waals surface area contributed by atoms with Gasteiger partial charge in [-0.1, -0.05) is 29.8 Å². The summed E-state index contributed by atoms with van der Waals surface area (Å²) in [6.07, 6.45) is 0.830. The fraction of sp³-hybridized carbons (Fsp3) is 0.200. The number of aryl methyl sites for hydroxylation is 1. The molecular formula is C25H21N3O4S. The lowest BCUT2D eigenvalue weighted by molar-refractivity contribution is -0.122. The molecule has 0 saturated carbocycles. The van der Waals surface area contributed by atoms with Crippen molar-refractivity contribution < 1.29 is 14.3 Å². The molecule has 1 N–H and O–H groups in total. The first-order valence-corrected chi connectivity index (χ1v) is 11.4. The molecular weight excluding hydrogens is 438 g/mol. The van der Waals surface area contributed by atoms with Crippen molar-refractivity contribution in [3.8, 4) is 16.9 Å². The maximum atomic E-state index is 13.4. The van der Waals surface area contributed by atoms with Gasteiger partial charge in [0.1, 0.15) is 10.6 Å². The van der Waals surface area contributed by atoms with E-state index in [9.17, 15) is 14.4 Å². The molecule has 0 spiro atoms. The molecule has 0 aliphatic carbocycles. The number of carbonyl (C=O) groups is 2. The molecule has 7 nitrogen and oxygen atoms in total. The van der Waals surface area contributed by atoms with E-state index < -0.39 is 12.1 Å². The Labute approximate surface area is 193 Å². The topological polar surface area (TPSA) is 90.3 Å². The van der Waals surface area contributed by atoms with Gasteiger partial charge in [-0.25, -0.2) is 4.98 Å². The second-order valence-electron chi connectivity index (χ2n) is 8.15. The first-order chi connectivity index (χ1) is 15.8. The van der Waals surface area contributed by atoms with Gasteiger partial charge in [0.25, 0.3) is 11.5 Å². The van der Waals surface area contributed by atoms with E-state index in [1.54, 1.807) is 32.0 Å². The Balaban J connectivity index is 1.52. The van der Waals surface area contributed by atoms with Gasteiger partial charge in [-0.2, -0.15) is 0 Å². The number of Topliss-reactive ketones (excluding diaryl/α,β-unsaturated/α-hetero) is 1. The standard InChI is InChI=1S/C25H21N3O4S/c1-13-4-6-16(7-5-13)18-11-33-24-21(18)25(31)28(12-26-24)14(2)22(29)17-8-9-20-19(10-17)27-23(30)15(3)32-20/h4-12,14-15H,1-3H3,(H,27,30). The number of anilines is 1. The highest BCUT2D eigenvalue weighted by Gasteiger charge is 2.26. The van der Waals surface area contributed by atoms with Crippen LogP contribution >= 0.6 is 11.3 Å². The van der Waals surface area contributed by atoms with E-state index in [0.29, 0.717) is 27.2 Å². The molecule has 2 aromatic carbocycles. The smallest absolute Gasteiger partial charge is 0.265 e. The fourth-order valence-corrected chi connectivity index (χ4v) is 4.80. The summed E-state index contributed by atoms with van der Waals surface area (Å²) in [6, 6.07) is 12.1. The van der Waals surface area contributed by atoms with Crippen molar-refractivity contribution in [1.82, 2.24) is 9.55 Å². The van der Waals surface area contributed by atoms with E-state index in [-0.39, 0.29) is 17.2 Å². The van der Waals surface area contributed by atoms with Crippen LogP contribution in [-0.2, 0) is 4.79 Å². The van der Waals surface area contributed by atoms with Crippen LogP contribution in [0.4, 0.5) is 5.69 Å². The average molecular weight is 460 g/mol. The number of nitrogens with one attached hydrogen (secondary N) is 1. The van der Waals surface area contributed by atoms with Gasteiger partial charge in [-0.3, -0.25) is 19.0 Å². The van der Waals surface area contributed by atoms with Crippen molar-refractivity contribution in [2.75, 3.05) is 5.32 Å². The fourth-order valence-electron chi connectivity index (χ4n) is 3.90. The molecule has 8 heteroatoms. The molecule has 33 heavy (non-hydrogen) atoms. The van der Waals surface area contributed by atoms with E-state index in [0.717, 1.165) is 16.7 Å². The molecule has 0 bridgehead atoms. The zero-order valence-electron chi connectivity index (χ0n) is 18.3. The zero-order chi connectivity index (χ0) is 23.3. The summed E-state index contributed by atoms with van der Waals surface area (Å²) in [4.78, 5) is 43.7. The molecule has 3 heterocycles. The molecule has 1 amide bonds. The minimum absolute atomic E-state index is 0.263. The summed E-state index contributed by atoms with van der Waals surface area (Å²) in [5.41, 5.74) is 3.42. The molecule has 5 rings (SSSR count). The summed E-state index contributed by atoms with van der Waals surface area (Å²) in [7, 11) is 0. The van der Waals surface area contributed by atoms with E-state index in [4.69, 9.17) is 4.74 Å². The Kier molecular flexibility index (Phi) is 5.09. The molecule has 1 aliphatic rings. The van der Waals surface area contributed by atoms with Crippen LogP contribution in [0.25, 0.3) is 21.3 Å². The predicted octanol–water partition coefficient (Wildman–Crippen LogP) is 4.60. The number of aromatic nitrogens is 2. The number of hydrogen-bond acceptors (Lipinski definition) is 6. The number of nitrogens with zero attached hydrogens (tertiary/aromatic N) is 2. The van der Waals surface area contributed by atoms with Crippen LogP contribution in [0.2, 0.25) is 0 Å². The highest BCUT2D eigenvalue weighted by Crippen LogP contribution is 2.33. The minimum atomic E-state index is -0.780. The first-order valence-electron chi connectivity index (χ1n) is 10.5. The number of thiophene rings is 1. The van der Waals surface area contributed by atoms with Gasteiger partial charge in [0.2, 0.25) is 0 Å². The minimum Gasteiger partial charge on any atom is -0.479 e. The Bertz CT molecular complexity index is 1470. The van der Waals surface area contributed by atoms with Crippen molar-refractivity contribution >= 4 is 38.9 Å². The molecule has 2 aromatic heterocycles. The second kappa shape index (κ2) is 7.97. The summed E-state index contributed by atoms with van der Waals surface area (Å²) in [5, 5.41) is 5.18. The zero-order valence-corrected chi connectivity index (χ0v) is 19.1. The Hall–Kier alpha value is -3.78. The molecule has 0 fully saturated rings. The van der Waals surface area contributed by atoms with Gasteiger partial charge in [0, 0.05) is 16.5 Å². The van der Waals surface area contributed by atoms with Crippen molar-refractivity contribution in [2.45, 2.75) is 32.9 Å². The van der Waals surface area contributed by atoms with Gasteiger partial charge >= 0.3 is 0 Å². The van der Waals surface area contributed by atoms with Crippen LogP contribution in [0.15, 0.2) is 59.0 Å². The van der Waals surface area contributed by atoms with Crippen LogP contribution < -0.4 is 15.6 Å².